The van der Waals surface area contributed by atoms with Crippen LogP contribution in [0.1, 0.15) is 70.2 Å². The fourth-order valence-electron chi connectivity index (χ4n) is 4.40. The highest BCUT2D eigenvalue weighted by Gasteiger charge is 2.40. The van der Waals surface area contributed by atoms with Crippen LogP contribution in [0, 0.1) is 0 Å². The Morgan fingerprint density at radius 1 is 1.31 bits per heavy atom. The van der Waals surface area contributed by atoms with Crippen LogP contribution in [0.3, 0.4) is 0 Å². The van der Waals surface area contributed by atoms with Crippen LogP contribution >= 0.6 is 0 Å². The van der Waals surface area contributed by atoms with E-state index in [1.807, 2.05) is 39.5 Å². The number of likely N-dealkylation sites (tertiary alicyclic amines) is 1. The van der Waals surface area contributed by atoms with Crippen molar-refractivity contribution in [1.29, 1.82) is 0 Å². The van der Waals surface area contributed by atoms with Crippen molar-refractivity contribution in [2.45, 2.75) is 77.7 Å². The molecule has 0 saturated carbocycles. The maximum absolute atomic E-state index is 12.9. The molecule has 1 aromatic rings. The standard InChI is InChI=1S/C22H32BNO5/c1-21(2,3)28-20(25)24-9-6-7-19(24)17-12-16(23-27-14-22(4,5)29-23)11-15-8-10-26-13-18(15)17/h11-12,19H,6-10,13-14H2,1-5H3/t19-/m0/s1. The number of carbonyl (C=O) groups excluding carboxylic acids is 1. The van der Waals surface area contributed by atoms with E-state index in [-0.39, 0.29) is 24.9 Å². The second-order valence-corrected chi connectivity index (χ2v) is 9.90. The molecule has 2 saturated heterocycles. The highest BCUT2D eigenvalue weighted by molar-refractivity contribution is 6.62. The molecule has 2 fully saturated rings. The van der Waals surface area contributed by atoms with Crippen LogP contribution in [0.25, 0.3) is 0 Å². The molecule has 4 rings (SSSR count). The first-order valence-corrected chi connectivity index (χ1v) is 10.7. The van der Waals surface area contributed by atoms with Crippen molar-refractivity contribution in [3.63, 3.8) is 0 Å². The predicted octanol–water partition coefficient (Wildman–Crippen LogP) is 3.35. The summed E-state index contributed by atoms with van der Waals surface area (Å²) in [6.45, 7) is 12.4. The van der Waals surface area contributed by atoms with Crippen LogP contribution in [-0.2, 0) is 31.8 Å². The summed E-state index contributed by atoms with van der Waals surface area (Å²) in [6.07, 6.45) is 2.51. The molecule has 0 radical (unpaired) electrons. The van der Waals surface area contributed by atoms with Gasteiger partial charge < -0.3 is 23.7 Å². The van der Waals surface area contributed by atoms with Gasteiger partial charge in [0.1, 0.15) is 5.60 Å². The minimum atomic E-state index is -0.508. The van der Waals surface area contributed by atoms with E-state index in [1.165, 1.54) is 11.1 Å². The van der Waals surface area contributed by atoms with Gasteiger partial charge in [0.25, 0.3) is 0 Å². The van der Waals surface area contributed by atoms with Gasteiger partial charge in [-0.3, -0.25) is 0 Å². The summed E-state index contributed by atoms with van der Waals surface area (Å²) >= 11 is 0. The van der Waals surface area contributed by atoms with E-state index in [1.54, 1.807) is 0 Å². The molecule has 7 heteroatoms. The van der Waals surface area contributed by atoms with Crippen molar-refractivity contribution in [2.24, 2.45) is 0 Å². The van der Waals surface area contributed by atoms with Gasteiger partial charge in [0.05, 0.1) is 31.5 Å². The molecule has 1 aromatic carbocycles. The van der Waals surface area contributed by atoms with Crippen molar-refractivity contribution >= 4 is 18.7 Å². The molecule has 0 bridgehead atoms. The zero-order valence-electron chi connectivity index (χ0n) is 18.2. The first-order chi connectivity index (χ1) is 13.6. The molecule has 0 spiro atoms. The van der Waals surface area contributed by atoms with E-state index < -0.39 is 5.60 Å². The summed E-state index contributed by atoms with van der Waals surface area (Å²) in [6, 6.07) is 4.35. The zero-order chi connectivity index (χ0) is 20.8. The summed E-state index contributed by atoms with van der Waals surface area (Å²) in [4.78, 5) is 14.7. The summed E-state index contributed by atoms with van der Waals surface area (Å²) in [7, 11) is -0.367. The Kier molecular flexibility index (Phi) is 5.42. The molecule has 29 heavy (non-hydrogen) atoms. The number of carbonyl (C=O) groups is 1. The molecule has 3 aliphatic rings. The minimum absolute atomic E-state index is 0.00494. The second kappa shape index (κ2) is 7.60. The van der Waals surface area contributed by atoms with Crippen molar-refractivity contribution in [3.05, 3.63) is 28.8 Å². The van der Waals surface area contributed by atoms with Gasteiger partial charge in [0, 0.05) is 6.54 Å². The van der Waals surface area contributed by atoms with Crippen molar-refractivity contribution in [2.75, 3.05) is 19.8 Å². The quantitative estimate of drug-likeness (QED) is 0.712. The fourth-order valence-corrected chi connectivity index (χ4v) is 4.40. The van der Waals surface area contributed by atoms with Gasteiger partial charge in [-0.15, -0.1) is 0 Å². The number of nitrogens with zero attached hydrogens (tertiary/aromatic N) is 1. The lowest BCUT2D eigenvalue weighted by Gasteiger charge is -2.31. The van der Waals surface area contributed by atoms with Crippen LogP contribution in [0.5, 0.6) is 0 Å². The molecule has 3 heterocycles. The van der Waals surface area contributed by atoms with Gasteiger partial charge >= 0.3 is 13.2 Å². The van der Waals surface area contributed by atoms with Crippen LogP contribution in [-0.4, -0.2) is 49.1 Å². The number of hydrogen-bond acceptors (Lipinski definition) is 5. The van der Waals surface area contributed by atoms with E-state index >= 15 is 0 Å². The Balaban J connectivity index is 1.68. The smallest absolute Gasteiger partial charge is 0.444 e. The molecular formula is C22H32BNO5. The predicted molar refractivity (Wildman–Crippen MR) is 111 cm³/mol. The first kappa shape index (κ1) is 20.7. The summed E-state index contributed by atoms with van der Waals surface area (Å²) in [5, 5.41) is 0. The van der Waals surface area contributed by atoms with Crippen LogP contribution in [0.2, 0.25) is 0 Å². The monoisotopic (exact) mass is 401 g/mol. The second-order valence-electron chi connectivity index (χ2n) is 9.90. The summed E-state index contributed by atoms with van der Waals surface area (Å²) in [5.74, 6) is 0. The number of fused-ring (bicyclic) bond motifs is 1. The fraction of sp³-hybridized carbons (Fsp3) is 0.682. The largest absolute Gasteiger partial charge is 0.494 e. The number of hydrogen-bond donors (Lipinski definition) is 0. The van der Waals surface area contributed by atoms with Gasteiger partial charge in [0.2, 0.25) is 0 Å². The molecule has 1 atom stereocenters. The molecule has 158 valence electrons. The lowest BCUT2D eigenvalue weighted by molar-refractivity contribution is 0.0221. The van der Waals surface area contributed by atoms with Crippen LogP contribution < -0.4 is 5.46 Å². The Morgan fingerprint density at radius 3 is 2.79 bits per heavy atom. The Hall–Kier alpha value is -1.57. The van der Waals surface area contributed by atoms with Gasteiger partial charge in [-0.2, -0.15) is 0 Å². The molecule has 0 unspecified atom stereocenters. The lowest BCUT2D eigenvalue weighted by Crippen LogP contribution is -2.39. The highest BCUT2D eigenvalue weighted by atomic mass is 16.7. The van der Waals surface area contributed by atoms with E-state index in [0.29, 0.717) is 26.4 Å². The number of ether oxygens (including phenoxy) is 2. The van der Waals surface area contributed by atoms with E-state index in [0.717, 1.165) is 30.3 Å². The average molecular weight is 401 g/mol. The number of benzene rings is 1. The van der Waals surface area contributed by atoms with Gasteiger partial charge in [-0.25, -0.2) is 4.79 Å². The van der Waals surface area contributed by atoms with Crippen molar-refractivity contribution in [1.82, 2.24) is 4.90 Å². The van der Waals surface area contributed by atoms with Gasteiger partial charge in [-0.05, 0) is 76.0 Å². The normalized spacial score (nSPS) is 24.0. The van der Waals surface area contributed by atoms with Crippen LogP contribution in [0.15, 0.2) is 12.1 Å². The van der Waals surface area contributed by atoms with Crippen molar-refractivity contribution < 1.29 is 23.6 Å². The Bertz CT molecular complexity index is 788. The highest BCUT2D eigenvalue weighted by Crippen LogP contribution is 2.37. The Labute approximate surface area is 174 Å². The summed E-state index contributed by atoms with van der Waals surface area (Å²) < 4.78 is 23.5. The first-order valence-electron chi connectivity index (χ1n) is 10.7. The molecule has 0 aliphatic carbocycles. The lowest BCUT2D eigenvalue weighted by atomic mass is 9.75. The minimum Gasteiger partial charge on any atom is -0.444 e. The topological polar surface area (TPSA) is 57.2 Å². The molecular weight excluding hydrogens is 369 g/mol. The van der Waals surface area contributed by atoms with E-state index in [2.05, 4.69) is 12.1 Å². The van der Waals surface area contributed by atoms with Gasteiger partial charge in [0.15, 0.2) is 0 Å². The average Bonchev–Trinajstić information content (AvgIpc) is 3.26. The zero-order valence-corrected chi connectivity index (χ0v) is 18.2. The third-order valence-corrected chi connectivity index (χ3v) is 5.68. The van der Waals surface area contributed by atoms with E-state index in [9.17, 15) is 4.79 Å². The van der Waals surface area contributed by atoms with E-state index in [4.69, 9.17) is 18.8 Å². The third-order valence-electron chi connectivity index (χ3n) is 5.68. The maximum atomic E-state index is 12.9. The molecule has 3 aliphatic heterocycles. The Morgan fingerprint density at radius 2 is 2.10 bits per heavy atom. The molecule has 1 amide bonds. The number of amides is 1. The molecule has 6 nitrogen and oxygen atoms in total. The van der Waals surface area contributed by atoms with Crippen molar-refractivity contribution in [3.8, 4) is 0 Å². The SMILES string of the molecule is CC(C)(C)OC(=O)N1CCC[C@H]1c1cc(B2OCC(C)(C)O2)cc2c1COCC2. The third kappa shape index (κ3) is 4.47. The van der Waals surface area contributed by atoms with Crippen LogP contribution in [0.4, 0.5) is 4.79 Å². The number of rotatable bonds is 2. The molecule has 0 N–H and O–H groups in total. The maximum Gasteiger partial charge on any atom is 0.494 e. The molecule has 0 aromatic heterocycles. The summed E-state index contributed by atoms with van der Waals surface area (Å²) in [5.41, 5.74) is 3.86. The van der Waals surface area contributed by atoms with Gasteiger partial charge in [-0.1, -0.05) is 12.1 Å².